The Balaban J connectivity index is 2.02. The number of nitro benzene ring substituents is 1. The van der Waals surface area contributed by atoms with Crippen LogP contribution < -0.4 is 10.1 Å². The Hall–Kier alpha value is -2.96. The molecule has 0 heterocycles. The highest BCUT2D eigenvalue weighted by Crippen LogP contribution is 2.19. The van der Waals surface area contributed by atoms with Crippen LogP contribution in [-0.2, 0) is 6.42 Å². The first-order chi connectivity index (χ1) is 10.5. The Morgan fingerprint density at radius 3 is 2.55 bits per heavy atom. The van der Waals surface area contributed by atoms with Crippen LogP contribution in [0.4, 0.5) is 20.6 Å². The van der Waals surface area contributed by atoms with Crippen molar-refractivity contribution in [1.82, 2.24) is 0 Å². The van der Waals surface area contributed by atoms with Crippen molar-refractivity contribution in [2.24, 2.45) is 0 Å². The minimum absolute atomic E-state index is 0.0983. The average molecular weight is 304 g/mol. The van der Waals surface area contributed by atoms with Gasteiger partial charge in [0, 0.05) is 17.8 Å². The molecule has 0 fully saturated rings. The molecular formula is C15H13FN2O4. The molecule has 0 unspecified atom stereocenters. The summed E-state index contributed by atoms with van der Waals surface area (Å²) in [4.78, 5) is 21.7. The third-order valence-corrected chi connectivity index (χ3v) is 2.93. The van der Waals surface area contributed by atoms with E-state index in [1.807, 2.05) is 0 Å². The molecule has 0 radical (unpaired) electrons. The standard InChI is InChI=1S/C15H13FN2O4/c1-2-10-9-11(3-8-14(10)16)17-15(19)22-13-6-4-12(5-7-13)18(20)21/h3-9H,2H2,1H3,(H,17,19). The zero-order valence-corrected chi connectivity index (χ0v) is 11.7. The number of carbonyl (C=O) groups is 1. The molecule has 0 aliphatic carbocycles. The molecule has 0 saturated carbocycles. The fraction of sp³-hybridized carbons (Fsp3) is 0.133. The fourth-order valence-electron chi connectivity index (χ4n) is 1.81. The van der Waals surface area contributed by atoms with Gasteiger partial charge in [-0.05, 0) is 42.3 Å². The molecule has 2 aromatic rings. The van der Waals surface area contributed by atoms with Crippen LogP contribution >= 0.6 is 0 Å². The zero-order chi connectivity index (χ0) is 16.1. The molecule has 2 aromatic carbocycles. The molecule has 0 saturated heterocycles. The third-order valence-electron chi connectivity index (χ3n) is 2.93. The van der Waals surface area contributed by atoms with Crippen LogP contribution in [0.1, 0.15) is 12.5 Å². The number of anilines is 1. The molecular weight excluding hydrogens is 291 g/mol. The number of nitrogens with one attached hydrogen (secondary N) is 1. The van der Waals surface area contributed by atoms with Gasteiger partial charge in [-0.15, -0.1) is 0 Å². The van der Waals surface area contributed by atoms with E-state index in [2.05, 4.69) is 5.32 Å². The van der Waals surface area contributed by atoms with Crippen molar-refractivity contribution >= 4 is 17.5 Å². The summed E-state index contributed by atoms with van der Waals surface area (Å²) in [6.45, 7) is 1.80. The first-order valence-electron chi connectivity index (χ1n) is 6.51. The van der Waals surface area contributed by atoms with E-state index in [1.54, 1.807) is 6.92 Å². The van der Waals surface area contributed by atoms with Crippen LogP contribution in [0.25, 0.3) is 0 Å². The molecule has 114 valence electrons. The number of nitro groups is 1. The quantitative estimate of drug-likeness (QED) is 0.686. The third kappa shape index (κ3) is 3.78. The molecule has 0 aliphatic rings. The summed E-state index contributed by atoms with van der Waals surface area (Å²) in [5.41, 5.74) is 0.789. The smallest absolute Gasteiger partial charge is 0.410 e. The van der Waals surface area contributed by atoms with Gasteiger partial charge in [-0.25, -0.2) is 9.18 Å². The van der Waals surface area contributed by atoms with Gasteiger partial charge in [0.1, 0.15) is 11.6 Å². The molecule has 2 rings (SSSR count). The number of benzene rings is 2. The summed E-state index contributed by atoms with van der Waals surface area (Å²) in [6.07, 6.45) is -0.263. The van der Waals surface area contributed by atoms with Gasteiger partial charge < -0.3 is 4.74 Å². The number of ether oxygens (including phenoxy) is 1. The van der Waals surface area contributed by atoms with Crippen molar-refractivity contribution in [2.45, 2.75) is 13.3 Å². The summed E-state index contributed by atoms with van der Waals surface area (Å²) in [7, 11) is 0. The topological polar surface area (TPSA) is 81.5 Å². The van der Waals surface area contributed by atoms with Gasteiger partial charge in [0.25, 0.3) is 5.69 Å². The van der Waals surface area contributed by atoms with E-state index in [0.717, 1.165) is 0 Å². The molecule has 0 bridgehead atoms. The molecule has 0 aromatic heterocycles. The first-order valence-corrected chi connectivity index (χ1v) is 6.51. The second-order valence-electron chi connectivity index (χ2n) is 4.43. The lowest BCUT2D eigenvalue weighted by atomic mass is 10.1. The van der Waals surface area contributed by atoms with E-state index in [0.29, 0.717) is 17.7 Å². The van der Waals surface area contributed by atoms with E-state index in [4.69, 9.17) is 4.74 Å². The van der Waals surface area contributed by atoms with Crippen LogP contribution in [-0.4, -0.2) is 11.0 Å². The van der Waals surface area contributed by atoms with Gasteiger partial charge in [-0.3, -0.25) is 15.4 Å². The highest BCUT2D eigenvalue weighted by Gasteiger charge is 2.09. The SMILES string of the molecule is CCc1cc(NC(=O)Oc2ccc([N+](=O)[O-])cc2)ccc1F. The molecule has 1 amide bonds. The second kappa shape index (κ2) is 6.66. The Morgan fingerprint density at radius 2 is 1.95 bits per heavy atom. The van der Waals surface area contributed by atoms with Crippen LogP contribution in [0, 0.1) is 15.9 Å². The minimum Gasteiger partial charge on any atom is -0.410 e. The van der Waals surface area contributed by atoms with E-state index < -0.39 is 11.0 Å². The Labute approximate surface area is 125 Å². The lowest BCUT2D eigenvalue weighted by Gasteiger charge is -2.08. The van der Waals surface area contributed by atoms with Gasteiger partial charge in [0.05, 0.1) is 4.92 Å². The Bertz CT molecular complexity index is 701. The average Bonchev–Trinajstić information content (AvgIpc) is 2.49. The van der Waals surface area contributed by atoms with E-state index >= 15 is 0 Å². The summed E-state index contributed by atoms with van der Waals surface area (Å²) in [5.74, 6) is -0.169. The van der Waals surface area contributed by atoms with Gasteiger partial charge >= 0.3 is 6.09 Å². The predicted molar refractivity (Wildman–Crippen MR) is 78.5 cm³/mol. The summed E-state index contributed by atoms with van der Waals surface area (Å²) >= 11 is 0. The number of hydrogen-bond donors (Lipinski definition) is 1. The van der Waals surface area contributed by atoms with Crippen LogP contribution in [0.15, 0.2) is 42.5 Å². The van der Waals surface area contributed by atoms with Crippen molar-refractivity contribution in [2.75, 3.05) is 5.32 Å². The van der Waals surface area contributed by atoms with E-state index in [9.17, 15) is 19.3 Å². The van der Waals surface area contributed by atoms with Crippen molar-refractivity contribution in [1.29, 1.82) is 0 Å². The molecule has 0 aliphatic heterocycles. The monoisotopic (exact) mass is 304 g/mol. The Morgan fingerprint density at radius 1 is 1.27 bits per heavy atom. The minimum atomic E-state index is -0.762. The van der Waals surface area contributed by atoms with Crippen LogP contribution in [0.2, 0.25) is 0 Å². The predicted octanol–water partition coefficient (Wildman–Crippen LogP) is 3.91. The normalized spacial score (nSPS) is 10.1. The number of halogens is 1. The van der Waals surface area contributed by atoms with E-state index in [-0.39, 0.29) is 17.3 Å². The van der Waals surface area contributed by atoms with Crippen molar-refractivity contribution in [3.8, 4) is 5.75 Å². The van der Waals surface area contributed by atoms with Crippen LogP contribution in [0.5, 0.6) is 5.75 Å². The van der Waals surface area contributed by atoms with Crippen molar-refractivity contribution in [3.63, 3.8) is 0 Å². The van der Waals surface area contributed by atoms with Crippen molar-refractivity contribution < 1.29 is 18.8 Å². The number of nitrogens with zero attached hydrogens (tertiary/aromatic N) is 1. The number of hydrogen-bond acceptors (Lipinski definition) is 4. The highest BCUT2D eigenvalue weighted by atomic mass is 19.1. The fourth-order valence-corrected chi connectivity index (χ4v) is 1.81. The maximum atomic E-state index is 13.4. The first kappa shape index (κ1) is 15.4. The number of non-ortho nitro benzene ring substituents is 1. The summed E-state index contributed by atoms with van der Waals surface area (Å²) in [5, 5.41) is 13.0. The highest BCUT2D eigenvalue weighted by molar-refractivity contribution is 5.86. The maximum Gasteiger partial charge on any atom is 0.417 e. The number of rotatable bonds is 4. The molecule has 1 N–H and O–H groups in total. The molecule has 0 atom stereocenters. The number of amides is 1. The van der Waals surface area contributed by atoms with Gasteiger partial charge in [0.2, 0.25) is 0 Å². The zero-order valence-electron chi connectivity index (χ0n) is 11.7. The molecule has 7 heteroatoms. The largest absolute Gasteiger partial charge is 0.417 e. The second-order valence-corrected chi connectivity index (χ2v) is 4.43. The lowest BCUT2D eigenvalue weighted by Crippen LogP contribution is -2.16. The van der Waals surface area contributed by atoms with Gasteiger partial charge in [-0.2, -0.15) is 0 Å². The van der Waals surface area contributed by atoms with Gasteiger partial charge in [0.15, 0.2) is 0 Å². The van der Waals surface area contributed by atoms with E-state index in [1.165, 1.54) is 42.5 Å². The van der Waals surface area contributed by atoms with Crippen molar-refractivity contribution in [3.05, 3.63) is 64.0 Å². The molecule has 0 spiro atoms. The number of aryl methyl sites for hydroxylation is 1. The Kier molecular flexibility index (Phi) is 4.67. The maximum absolute atomic E-state index is 13.4. The molecule has 22 heavy (non-hydrogen) atoms. The molecule has 6 nitrogen and oxygen atoms in total. The van der Waals surface area contributed by atoms with Gasteiger partial charge in [-0.1, -0.05) is 6.92 Å². The lowest BCUT2D eigenvalue weighted by molar-refractivity contribution is -0.384. The summed E-state index contributed by atoms with van der Waals surface area (Å²) in [6, 6.07) is 9.31. The van der Waals surface area contributed by atoms with Crippen LogP contribution in [0.3, 0.4) is 0 Å². The summed E-state index contributed by atoms with van der Waals surface area (Å²) < 4.78 is 18.3. The number of carbonyl (C=O) groups excluding carboxylic acids is 1.